The fraction of sp³-hybridized carbons (Fsp3) is 0.643. The van der Waals surface area contributed by atoms with Crippen molar-refractivity contribution in [2.75, 3.05) is 37.5 Å². The van der Waals surface area contributed by atoms with Crippen LogP contribution in [0.15, 0.2) is 6.07 Å². The summed E-state index contributed by atoms with van der Waals surface area (Å²) in [5.41, 5.74) is 0. The summed E-state index contributed by atoms with van der Waals surface area (Å²) in [6, 6.07) is 2.04. The molecule has 7 heteroatoms. The Morgan fingerprint density at radius 2 is 2.33 bits per heavy atom. The molecule has 1 saturated heterocycles. The van der Waals surface area contributed by atoms with Gasteiger partial charge in [-0.3, -0.25) is 0 Å². The zero-order valence-corrected chi connectivity index (χ0v) is 12.8. The summed E-state index contributed by atoms with van der Waals surface area (Å²) in [5.74, 6) is 2.59. The highest BCUT2D eigenvalue weighted by atomic mass is 16.5. The second kappa shape index (κ2) is 7.10. The summed E-state index contributed by atoms with van der Waals surface area (Å²) in [6.07, 6.45) is 2.38. The first kappa shape index (κ1) is 15.3. The van der Waals surface area contributed by atoms with Crippen molar-refractivity contribution in [2.24, 2.45) is 0 Å². The zero-order chi connectivity index (χ0) is 15.2. The van der Waals surface area contributed by atoms with E-state index in [1.807, 2.05) is 13.1 Å². The fourth-order valence-electron chi connectivity index (χ4n) is 2.42. The van der Waals surface area contributed by atoms with Gasteiger partial charge in [-0.05, 0) is 12.8 Å². The summed E-state index contributed by atoms with van der Waals surface area (Å²) in [5, 5.41) is 5.91. The molecule has 2 heterocycles. The number of carbonyl (C=O) groups is 1. The molecule has 21 heavy (non-hydrogen) atoms. The monoisotopic (exact) mass is 293 g/mol. The molecule has 0 saturated carbocycles. The lowest BCUT2D eigenvalue weighted by molar-refractivity contribution is 0.167. The number of amides is 1. The van der Waals surface area contributed by atoms with E-state index in [0.717, 1.165) is 49.8 Å². The Kier molecular flexibility index (Phi) is 5.19. The van der Waals surface area contributed by atoms with Gasteiger partial charge in [-0.15, -0.1) is 0 Å². The molecule has 1 aromatic rings. The van der Waals surface area contributed by atoms with Gasteiger partial charge >= 0.3 is 6.09 Å². The Morgan fingerprint density at radius 1 is 1.52 bits per heavy atom. The second-order valence-corrected chi connectivity index (χ2v) is 5.10. The summed E-state index contributed by atoms with van der Waals surface area (Å²) in [4.78, 5) is 22.5. The molecule has 0 bridgehead atoms. The molecule has 1 atom stereocenters. The van der Waals surface area contributed by atoms with E-state index in [0.29, 0.717) is 0 Å². The van der Waals surface area contributed by atoms with Gasteiger partial charge in [0.2, 0.25) is 0 Å². The smallest absolute Gasteiger partial charge is 0.407 e. The van der Waals surface area contributed by atoms with Gasteiger partial charge in [0.1, 0.15) is 17.5 Å². The maximum atomic E-state index is 11.3. The number of anilines is 2. The lowest BCUT2D eigenvalue weighted by Crippen LogP contribution is -2.37. The minimum Gasteiger partial charge on any atom is -0.453 e. The van der Waals surface area contributed by atoms with Crippen LogP contribution < -0.4 is 15.5 Å². The number of ether oxygens (including phenoxy) is 1. The zero-order valence-electron chi connectivity index (χ0n) is 12.8. The largest absolute Gasteiger partial charge is 0.453 e. The maximum Gasteiger partial charge on any atom is 0.407 e. The highest BCUT2D eigenvalue weighted by Crippen LogP contribution is 2.21. The number of hydrogen-bond acceptors (Lipinski definition) is 6. The average molecular weight is 293 g/mol. The first-order valence-electron chi connectivity index (χ1n) is 7.31. The molecular weight excluding hydrogens is 270 g/mol. The molecule has 1 amide bonds. The summed E-state index contributed by atoms with van der Waals surface area (Å²) in [7, 11) is 3.23. The summed E-state index contributed by atoms with van der Waals surface area (Å²) >= 11 is 0. The van der Waals surface area contributed by atoms with E-state index in [1.54, 1.807) is 0 Å². The quantitative estimate of drug-likeness (QED) is 0.854. The van der Waals surface area contributed by atoms with Crippen molar-refractivity contribution >= 4 is 17.7 Å². The SMILES string of the molecule is CCCc1nc(NC)cc(N2CCC(NC(=O)OC)C2)n1. The Bertz CT molecular complexity index is 494. The Morgan fingerprint density at radius 3 is 3.00 bits per heavy atom. The van der Waals surface area contributed by atoms with E-state index >= 15 is 0 Å². The molecule has 0 aromatic carbocycles. The Labute approximate surface area is 125 Å². The standard InChI is InChI=1S/C14H23N5O2/c1-4-5-11-17-12(15-2)8-13(18-11)19-7-6-10(9-19)16-14(20)21-3/h8,10H,4-7,9H2,1-3H3,(H,16,20)(H,15,17,18). The molecule has 1 aromatic heterocycles. The molecule has 7 nitrogen and oxygen atoms in total. The van der Waals surface area contributed by atoms with Crippen LogP contribution >= 0.6 is 0 Å². The van der Waals surface area contributed by atoms with Crippen molar-refractivity contribution in [1.82, 2.24) is 15.3 Å². The van der Waals surface area contributed by atoms with E-state index in [2.05, 4.69) is 37.2 Å². The molecule has 0 spiro atoms. The number of alkyl carbamates (subject to hydrolysis) is 1. The van der Waals surface area contributed by atoms with Gasteiger partial charge in [-0.1, -0.05) is 6.92 Å². The van der Waals surface area contributed by atoms with Crippen molar-refractivity contribution in [3.8, 4) is 0 Å². The molecule has 2 rings (SSSR count). The summed E-state index contributed by atoms with van der Waals surface area (Å²) < 4.78 is 4.64. The normalized spacial score (nSPS) is 17.7. The lowest BCUT2D eigenvalue weighted by atomic mass is 10.3. The van der Waals surface area contributed by atoms with Gasteiger partial charge in [0.05, 0.1) is 13.2 Å². The first-order chi connectivity index (χ1) is 10.2. The van der Waals surface area contributed by atoms with Gasteiger partial charge in [0, 0.05) is 32.6 Å². The van der Waals surface area contributed by atoms with Crippen molar-refractivity contribution in [3.63, 3.8) is 0 Å². The molecule has 0 aliphatic carbocycles. The predicted octanol–water partition coefficient (Wildman–Crippen LogP) is 1.41. The van der Waals surface area contributed by atoms with Gasteiger partial charge in [-0.2, -0.15) is 0 Å². The van der Waals surface area contributed by atoms with Crippen molar-refractivity contribution in [1.29, 1.82) is 0 Å². The van der Waals surface area contributed by atoms with Gasteiger partial charge in [0.15, 0.2) is 0 Å². The van der Waals surface area contributed by atoms with E-state index in [-0.39, 0.29) is 12.1 Å². The number of aryl methyl sites for hydroxylation is 1. The number of methoxy groups -OCH3 is 1. The van der Waals surface area contributed by atoms with E-state index in [9.17, 15) is 4.79 Å². The number of hydrogen-bond donors (Lipinski definition) is 2. The molecule has 0 radical (unpaired) electrons. The van der Waals surface area contributed by atoms with Gasteiger partial charge in [-0.25, -0.2) is 14.8 Å². The third kappa shape index (κ3) is 3.96. The van der Waals surface area contributed by atoms with Crippen LogP contribution in [0.5, 0.6) is 0 Å². The number of carbonyl (C=O) groups excluding carboxylic acids is 1. The predicted molar refractivity (Wildman–Crippen MR) is 81.7 cm³/mol. The van der Waals surface area contributed by atoms with E-state index in [1.165, 1.54) is 7.11 Å². The van der Waals surface area contributed by atoms with E-state index in [4.69, 9.17) is 0 Å². The average Bonchev–Trinajstić information content (AvgIpc) is 2.95. The minimum atomic E-state index is -0.382. The van der Waals surface area contributed by atoms with Crippen LogP contribution in [0, 0.1) is 0 Å². The van der Waals surface area contributed by atoms with Crippen molar-refractivity contribution in [2.45, 2.75) is 32.2 Å². The molecule has 2 N–H and O–H groups in total. The highest BCUT2D eigenvalue weighted by molar-refractivity contribution is 5.67. The Hall–Kier alpha value is -2.05. The number of nitrogens with one attached hydrogen (secondary N) is 2. The van der Waals surface area contributed by atoms with Gasteiger partial charge < -0.3 is 20.3 Å². The first-order valence-corrected chi connectivity index (χ1v) is 7.31. The molecular formula is C14H23N5O2. The van der Waals surface area contributed by atoms with Crippen molar-refractivity contribution < 1.29 is 9.53 Å². The number of rotatable bonds is 5. The molecule has 1 aliphatic rings. The molecule has 1 aliphatic heterocycles. The lowest BCUT2D eigenvalue weighted by Gasteiger charge is -2.19. The van der Waals surface area contributed by atoms with Crippen molar-refractivity contribution in [3.05, 3.63) is 11.9 Å². The van der Waals surface area contributed by atoms with Crippen LogP contribution in [0.2, 0.25) is 0 Å². The van der Waals surface area contributed by atoms with Crippen LogP contribution in [0.4, 0.5) is 16.4 Å². The van der Waals surface area contributed by atoms with Crippen LogP contribution in [0.3, 0.4) is 0 Å². The Balaban J connectivity index is 2.08. The van der Waals surface area contributed by atoms with E-state index < -0.39 is 0 Å². The maximum absolute atomic E-state index is 11.3. The van der Waals surface area contributed by atoms with Gasteiger partial charge in [0.25, 0.3) is 0 Å². The highest BCUT2D eigenvalue weighted by Gasteiger charge is 2.25. The molecule has 1 fully saturated rings. The third-order valence-electron chi connectivity index (χ3n) is 3.51. The van der Waals surface area contributed by atoms with Crippen LogP contribution in [0.1, 0.15) is 25.6 Å². The van der Waals surface area contributed by atoms with Crippen LogP contribution in [0.25, 0.3) is 0 Å². The molecule has 116 valence electrons. The second-order valence-electron chi connectivity index (χ2n) is 5.10. The minimum absolute atomic E-state index is 0.0973. The topological polar surface area (TPSA) is 79.4 Å². The number of aromatic nitrogens is 2. The fourth-order valence-corrected chi connectivity index (χ4v) is 2.42. The summed E-state index contributed by atoms with van der Waals surface area (Å²) in [6.45, 7) is 3.71. The molecule has 1 unspecified atom stereocenters. The van der Waals surface area contributed by atoms with Crippen LogP contribution in [-0.4, -0.2) is 49.4 Å². The third-order valence-corrected chi connectivity index (χ3v) is 3.51. The van der Waals surface area contributed by atoms with Crippen LogP contribution in [-0.2, 0) is 11.2 Å². The number of nitrogens with zero attached hydrogens (tertiary/aromatic N) is 3.